The first kappa shape index (κ1) is 23.3. The molecule has 0 atom stereocenters. The summed E-state index contributed by atoms with van der Waals surface area (Å²) in [6, 6.07) is 13.6. The lowest BCUT2D eigenvalue weighted by atomic mass is 9.97. The number of rotatable bonds is 6. The van der Waals surface area contributed by atoms with Crippen LogP contribution in [0.5, 0.6) is 0 Å². The largest absolute Gasteiger partial charge is 0.326 e. The summed E-state index contributed by atoms with van der Waals surface area (Å²) in [6.07, 6.45) is 0.866. The van der Waals surface area contributed by atoms with Gasteiger partial charge in [0.15, 0.2) is 5.78 Å². The van der Waals surface area contributed by atoms with E-state index in [2.05, 4.69) is 10.3 Å². The van der Waals surface area contributed by atoms with E-state index in [0.29, 0.717) is 24.1 Å². The molecule has 172 valence electrons. The Morgan fingerprint density at radius 1 is 1.09 bits per heavy atom. The summed E-state index contributed by atoms with van der Waals surface area (Å²) in [5.41, 5.74) is 2.87. The van der Waals surface area contributed by atoms with Gasteiger partial charge in [-0.1, -0.05) is 24.3 Å². The highest BCUT2D eigenvalue weighted by atomic mass is 32.2. The molecular formula is C24H25N3O4S2. The van der Waals surface area contributed by atoms with Crippen LogP contribution < -0.4 is 5.32 Å². The topological polar surface area (TPSA) is 96.4 Å². The van der Waals surface area contributed by atoms with Crippen LogP contribution in [0.15, 0.2) is 58.8 Å². The predicted molar refractivity (Wildman–Crippen MR) is 129 cm³/mol. The quantitative estimate of drug-likeness (QED) is 0.526. The van der Waals surface area contributed by atoms with Gasteiger partial charge in [0, 0.05) is 41.2 Å². The molecule has 1 aromatic heterocycles. The van der Waals surface area contributed by atoms with Crippen LogP contribution in [0.4, 0.5) is 5.69 Å². The van der Waals surface area contributed by atoms with Crippen LogP contribution in [0.3, 0.4) is 0 Å². The second-order valence-electron chi connectivity index (χ2n) is 8.08. The first-order chi connectivity index (χ1) is 15.7. The number of piperidine rings is 1. The number of hydrogen-bond donors (Lipinski definition) is 1. The first-order valence-corrected chi connectivity index (χ1v) is 13.0. The number of benzene rings is 2. The Hall–Kier alpha value is -2.88. The number of carbonyl (C=O) groups excluding carboxylic acids is 2. The van der Waals surface area contributed by atoms with Crippen molar-refractivity contribution in [2.45, 2.75) is 31.6 Å². The molecule has 7 nitrogen and oxygen atoms in total. The van der Waals surface area contributed by atoms with Crippen molar-refractivity contribution >= 4 is 38.7 Å². The van der Waals surface area contributed by atoms with Crippen molar-refractivity contribution < 1.29 is 18.0 Å². The van der Waals surface area contributed by atoms with E-state index in [1.807, 2.05) is 36.6 Å². The molecule has 1 amide bonds. The van der Waals surface area contributed by atoms with Crippen LogP contribution in [0.25, 0.3) is 11.3 Å². The SMILES string of the molecule is CC(=O)c1cccc(S(=O)(=O)N2CCC(C(=O)Nc3cccc(-c4csc(C)n4)c3)CC2)c1. The summed E-state index contributed by atoms with van der Waals surface area (Å²) in [5.74, 6) is -0.571. The fraction of sp³-hybridized carbons (Fsp3) is 0.292. The molecule has 3 aromatic rings. The molecule has 2 aromatic carbocycles. The Morgan fingerprint density at radius 3 is 2.48 bits per heavy atom. The number of aryl methyl sites for hydroxylation is 1. The average Bonchev–Trinajstić information content (AvgIpc) is 3.26. The number of Topliss-reactive ketones (excluding diaryl/α,β-unsaturated/α-hetero) is 1. The lowest BCUT2D eigenvalue weighted by molar-refractivity contribution is -0.120. The van der Waals surface area contributed by atoms with Gasteiger partial charge in [0.05, 0.1) is 15.6 Å². The van der Waals surface area contributed by atoms with Gasteiger partial charge in [-0.3, -0.25) is 9.59 Å². The number of amides is 1. The smallest absolute Gasteiger partial charge is 0.243 e. The van der Waals surface area contributed by atoms with E-state index in [0.717, 1.165) is 16.3 Å². The summed E-state index contributed by atoms with van der Waals surface area (Å²) in [6.45, 7) is 3.86. The van der Waals surface area contributed by atoms with Crippen LogP contribution >= 0.6 is 11.3 Å². The van der Waals surface area contributed by atoms with Crippen molar-refractivity contribution in [1.82, 2.24) is 9.29 Å². The van der Waals surface area contributed by atoms with E-state index in [4.69, 9.17) is 0 Å². The van der Waals surface area contributed by atoms with Gasteiger partial charge in [-0.15, -0.1) is 11.3 Å². The average molecular weight is 484 g/mol. The van der Waals surface area contributed by atoms with Gasteiger partial charge >= 0.3 is 0 Å². The first-order valence-electron chi connectivity index (χ1n) is 10.7. The molecule has 0 unspecified atom stereocenters. The molecule has 4 rings (SSSR count). The second kappa shape index (κ2) is 9.54. The van der Waals surface area contributed by atoms with Gasteiger partial charge in [-0.05, 0) is 51.0 Å². The number of nitrogens with one attached hydrogen (secondary N) is 1. The number of aromatic nitrogens is 1. The molecule has 1 aliphatic heterocycles. The Balaban J connectivity index is 1.39. The third-order valence-corrected chi connectivity index (χ3v) is 8.42. The van der Waals surface area contributed by atoms with Crippen LogP contribution in [0.2, 0.25) is 0 Å². The van der Waals surface area contributed by atoms with Crippen LogP contribution in [0, 0.1) is 12.8 Å². The van der Waals surface area contributed by atoms with Crippen molar-refractivity contribution in [1.29, 1.82) is 0 Å². The summed E-state index contributed by atoms with van der Waals surface area (Å²) < 4.78 is 27.4. The molecule has 1 N–H and O–H groups in total. The van der Waals surface area contributed by atoms with Gasteiger partial charge in [0.2, 0.25) is 15.9 Å². The molecule has 0 spiro atoms. The van der Waals surface area contributed by atoms with Crippen LogP contribution in [0.1, 0.15) is 35.1 Å². The summed E-state index contributed by atoms with van der Waals surface area (Å²) in [7, 11) is -3.72. The number of hydrogen-bond acceptors (Lipinski definition) is 6. The fourth-order valence-corrected chi connectivity index (χ4v) is 6.02. The lowest BCUT2D eigenvalue weighted by Gasteiger charge is -2.30. The van der Waals surface area contributed by atoms with Crippen molar-refractivity contribution in [3.05, 3.63) is 64.5 Å². The number of carbonyl (C=O) groups is 2. The maximum Gasteiger partial charge on any atom is 0.243 e. The Labute approximate surface area is 197 Å². The van der Waals surface area contributed by atoms with E-state index >= 15 is 0 Å². The van der Waals surface area contributed by atoms with Gasteiger partial charge in [0.1, 0.15) is 0 Å². The third-order valence-electron chi connectivity index (χ3n) is 5.75. The number of sulfonamides is 1. The summed E-state index contributed by atoms with van der Waals surface area (Å²) >= 11 is 1.58. The summed E-state index contributed by atoms with van der Waals surface area (Å²) in [4.78, 5) is 29.0. The highest BCUT2D eigenvalue weighted by Crippen LogP contribution is 2.27. The van der Waals surface area contributed by atoms with E-state index in [-0.39, 0.29) is 35.6 Å². The Bertz CT molecular complexity index is 1290. The lowest BCUT2D eigenvalue weighted by Crippen LogP contribution is -2.41. The third kappa shape index (κ3) is 5.21. The minimum absolute atomic E-state index is 0.104. The number of thiazole rings is 1. The van der Waals surface area contributed by atoms with E-state index < -0.39 is 10.0 Å². The maximum atomic E-state index is 13.0. The van der Waals surface area contributed by atoms with Crippen molar-refractivity contribution in [3.63, 3.8) is 0 Å². The molecule has 1 saturated heterocycles. The minimum atomic E-state index is -3.72. The van der Waals surface area contributed by atoms with E-state index in [1.54, 1.807) is 23.5 Å². The monoisotopic (exact) mass is 483 g/mol. The predicted octanol–water partition coefficient (Wildman–Crippen LogP) is 4.36. The molecule has 1 aliphatic rings. The molecule has 0 bridgehead atoms. The maximum absolute atomic E-state index is 13.0. The molecule has 0 aliphatic carbocycles. The summed E-state index contributed by atoms with van der Waals surface area (Å²) in [5, 5.41) is 5.93. The van der Waals surface area contributed by atoms with Crippen LogP contribution in [-0.2, 0) is 14.8 Å². The highest BCUT2D eigenvalue weighted by Gasteiger charge is 2.32. The van der Waals surface area contributed by atoms with Gasteiger partial charge in [-0.2, -0.15) is 4.31 Å². The van der Waals surface area contributed by atoms with Crippen molar-refractivity contribution in [2.24, 2.45) is 5.92 Å². The number of ketones is 1. The van der Waals surface area contributed by atoms with Crippen molar-refractivity contribution in [2.75, 3.05) is 18.4 Å². The van der Waals surface area contributed by atoms with Crippen LogP contribution in [-0.4, -0.2) is 42.5 Å². The minimum Gasteiger partial charge on any atom is -0.326 e. The second-order valence-corrected chi connectivity index (χ2v) is 11.1. The fourth-order valence-electron chi connectivity index (χ4n) is 3.88. The van der Waals surface area contributed by atoms with E-state index in [1.165, 1.54) is 23.4 Å². The van der Waals surface area contributed by atoms with Gasteiger partial charge in [0.25, 0.3) is 0 Å². The molecule has 0 radical (unpaired) electrons. The Morgan fingerprint density at radius 2 is 1.82 bits per heavy atom. The molecule has 9 heteroatoms. The molecule has 2 heterocycles. The van der Waals surface area contributed by atoms with Gasteiger partial charge in [-0.25, -0.2) is 13.4 Å². The molecule has 33 heavy (non-hydrogen) atoms. The van der Waals surface area contributed by atoms with Crippen molar-refractivity contribution in [3.8, 4) is 11.3 Å². The Kier molecular flexibility index (Phi) is 6.73. The molecule has 1 fully saturated rings. The van der Waals surface area contributed by atoms with E-state index in [9.17, 15) is 18.0 Å². The zero-order chi connectivity index (χ0) is 23.6. The molecule has 0 saturated carbocycles. The standard InChI is InChI=1S/C24H25N3O4S2/c1-16(28)19-5-4-8-22(14-19)33(30,31)27-11-9-18(10-12-27)24(29)26-21-7-3-6-20(13-21)23-15-32-17(2)25-23/h3-8,13-15,18H,9-12H2,1-2H3,(H,26,29). The zero-order valence-corrected chi connectivity index (χ0v) is 20.1. The highest BCUT2D eigenvalue weighted by molar-refractivity contribution is 7.89. The van der Waals surface area contributed by atoms with Gasteiger partial charge < -0.3 is 5.32 Å². The zero-order valence-electron chi connectivity index (χ0n) is 18.4. The number of anilines is 1. The molecular weight excluding hydrogens is 458 g/mol. The normalized spacial score (nSPS) is 15.3. The number of nitrogens with zero attached hydrogens (tertiary/aromatic N) is 2.